The lowest BCUT2D eigenvalue weighted by molar-refractivity contribution is -0.112. The molecule has 0 unspecified atom stereocenters. The summed E-state index contributed by atoms with van der Waals surface area (Å²) in [5.41, 5.74) is 0.920. The van der Waals surface area contributed by atoms with Crippen molar-refractivity contribution in [3.63, 3.8) is 0 Å². The van der Waals surface area contributed by atoms with Crippen molar-refractivity contribution in [2.24, 2.45) is 0 Å². The Bertz CT molecular complexity index is 318. The van der Waals surface area contributed by atoms with Crippen LogP contribution in [0.5, 0.6) is 0 Å². The third-order valence-corrected chi connectivity index (χ3v) is 2.05. The summed E-state index contributed by atoms with van der Waals surface area (Å²) in [5, 5.41) is 2.95. The van der Waals surface area contributed by atoms with Crippen LogP contribution in [0.4, 0.5) is 5.82 Å². The van der Waals surface area contributed by atoms with E-state index in [0.29, 0.717) is 6.61 Å². The van der Waals surface area contributed by atoms with E-state index in [-0.39, 0.29) is 6.61 Å². The monoisotopic (exact) mass is 258 g/mol. The van der Waals surface area contributed by atoms with E-state index in [0.717, 1.165) is 22.1 Å². The second-order valence-corrected chi connectivity index (χ2v) is 3.51. The highest BCUT2D eigenvalue weighted by Gasteiger charge is 2.03. The van der Waals surface area contributed by atoms with E-state index in [1.165, 1.54) is 0 Å². The van der Waals surface area contributed by atoms with E-state index in [9.17, 15) is 4.79 Å². The number of aldehydes is 1. The molecular weight excluding hydrogens is 248 g/mol. The van der Waals surface area contributed by atoms with Crippen molar-refractivity contribution in [2.75, 3.05) is 19.0 Å². The van der Waals surface area contributed by atoms with Crippen LogP contribution in [0, 0.1) is 0 Å². The van der Waals surface area contributed by atoms with Gasteiger partial charge in [-0.05, 0) is 22.0 Å². The molecule has 5 heteroatoms. The Morgan fingerprint density at radius 2 is 2.50 bits per heavy atom. The normalized spacial score (nSPS) is 9.86. The molecule has 0 atom stereocenters. The lowest BCUT2D eigenvalue weighted by atomic mass is 10.3. The number of nitrogens with one attached hydrogen (secondary N) is 1. The summed E-state index contributed by atoms with van der Waals surface area (Å²) < 4.78 is 5.99. The Labute approximate surface area is 90.8 Å². The maximum Gasteiger partial charge on any atom is 0.145 e. The summed E-state index contributed by atoms with van der Waals surface area (Å²) in [6.45, 7) is 0.483. The first-order valence-corrected chi connectivity index (χ1v) is 4.90. The average Bonchev–Trinajstić information content (AvgIpc) is 2.19. The van der Waals surface area contributed by atoms with E-state index >= 15 is 0 Å². The Balaban J connectivity index is 2.71. The van der Waals surface area contributed by atoms with Crippen molar-refractivity contribution in [3.8, 4) is 0 Å². The molecule has 14 heavy (non-hydrogen) atoms. The molecule has 1 heterocycles. The minimum absolute atomic E-state index is 0.107. The molecule has 0 aliphatic heterocycles. The molecule has 0 aliphatic rings. The van der Waals surface area contributed by atoms with Gasteiger partial charge in [0.1, 0.15) is 18.7 Å². The fourth-order valence-corrected chi connectivity index (χ4v) is 1.41. The van der Waals surface area contributed by atoms with Gasteiger partial charge in [0.15, 0.2) is 0 Å². The third kappa shape index (κ3) is 3.08. The number of pyridine rings is 1. The molecule has 0 aliphatic carbocycles. The third-order valence-electron chi connectivity index (χ3n) is 1.61. The van der Waals surface area contributed by atoms with E-state index in [4.69, 9.17) is 4.74 Å². The Morgan fingerprint density at radius 3 is 3.14 bits per heavy atom. The molecular formula is C9H11BrN2O2. The van der Waals surface area contributed by atoms with Crippen LogP contribution in [0.1, 0.15) is 5.56 Å². The molecule has 0 spiro atoms. The number of carbonyl (C=O) groups excluding carboxylic acids is 1. The van der Waals surface area contributed by atoms with E-state index < -0.39 is 0 Å². The Morgan fingerprint density at radius 1 is 1.71 bits per heavy atom. The predicted molar refractivity (Wildman–Crippen MR) is 57.2 cm³/mol. The largest absolute Gasteiger partial charge is 0.373 e. The molecule has 1 N–H and O–H groups in total. The van der Waals surface area contributed by atoms with Gasteiger partial charge in [0.2, 0.25) is 0 Å². The van der Waals surface area contributed by atoms with Gasteiger partial charge in [0, 0.05) is 23.3 Å². The molecule has 1 aromatic heterocycles. The van der Waals surface area contributed by atoms with Crippen LogP contribution < -0.4 is 5.32 Å². The molecule has 0 saturated carbocycles. The number of carbonyl (C=O) groups is 1. The van der Waals surface area contributed by atoms with E-state index in [2.05, 4.69) is 26.2 Å². The minimum Gasteiger partial charge on any atom is -0.373 e. The smallest absolute Gasteiger partial charge is 0.145 e. The molecule has 1 aromatic rings. The summed E-state index contributed by atoms with van der Waals surface area (Å²) in [6, 6.07) is 1.91. The molecule has 1 rings (SSSR count). The average molecular weight is 259 g/mol. The van der Waals surface area contributed by atoms with Crippen molar-refractivity contribution >= 4 is 28.0 Å². The van der Waals surface area contributed by atoms with Crippen molar-refractivity contribution in [1.29, 1.82) is 0 Å². The van der Waals surface area contributed by atoms with Crippen LogP contribution in [0.15, 0.2) is 16.7 Å². The molecule has 76 valence electrons. The summed E-state index contributed by atoms with van der Waals surface area (Å²) in [4.78, 5) is 14.2. The van der Waals surface area contributed by atoms with Crippen molar-refractivity contribution in [1.82, 2.24) is 4.98 Å². The number of halogens is 1. The highest BCUT2D eigenvalue weighted by atomic mass is 79.9. The molecule has 0 amide bonds. The SMILES string of the molecule is CNc1ncc(Br)cc1COCC=O. The number of rotatable bonds is 5. The second kappa shape index (κ2) is 5.72. The first kappa shape index (κ1) is 11.1. The van der Waals surface area contributed by atoms with Crippen LogP contribution in [0.3, 0.4) is 0 Å². The molecule has 0 bridgehead atoms. The van der Waals surface area contributed by atoms with Gasteiger partial charge in [0.05, 0.1) is 6.61 Å². The zero-order valence-corrected chi connectivity index (χ0v) is 9.37. The van der Waals surface area contributed by atoms with Gasteiger partial charge in [-0.25, -0.2) is 4.98 Å². The number of nitrogens with zero attached hydrogens (tertiary/aromatic N) is 1. The zero-order valence-electron chi connectivity index (χ0n) is 7.79. The van der Waals surface area contributed by atoms with Crippen LogP contribution in [0.2, 0.25) is 0 Å². The van der Waals surface area contributed by atoms with Gasteiger partial charge >= 0.3 is 0 Å². The number of hydrogen-bond donors (Lipinski definition) is 1. The van der Waals surface area contributed by atoms with Gasteiger partial charge in [-0.1, -0.05) is 0 Å². The molecule has 0 saturated heterocycles. The molecule has 0 fully saturated rings. The van der Waals surface area contributed by atoms with Crippen molar-refractivity contribution in [3.05, 3.63) is 22.3 Å². The van der Waals surface area contributed by atoms with Crippen LogP contribution in [-0.4, -0.2) is 24.9 Å². The van der Waals surface area contributed by atoms with E-state index in [1.807, 2.05) is 6.07 Å². The summed E-state index contributed by atoms with van der Waals surface area (Å²) in [5.74, 6) is 0.763. The number of anilines is 1. The maximum atomic E-state index is 10.1. The van der Waals surface area contributed by atoms with Gasteiger partial charge in [-0.2, -0.15) is 0 Å². The van der Waals surface area contributed by atoms with Crippen molar-refractivity contribution < 1.29 is 9.53 Å². The van der Waals surface area contributed by atoms with Gasteiger partial charge in [-0.15, -0.1) is 0 Å². The quantitative estimate of drug-likeness (QED) is 0.644. The minimum atomic E-state index is 0.107. The fraction of sp³-hybridized carbons (Fsp3) is 0.333. The first-order valence-electron chi connectivity index (χ1n) is 4.11. The second-order valence-electron chi connectivity index (χ2n) is 2.59. The maximum absolute atomic E-state index is 10.1. The Hall–Kier alpha value is -0.940. The van der Waals surface area contributed by atoms with E-state index in [1.54, 1.807) is 13.2 Å². The molecule has 4 nitrogen and oxygen atoms in total. The standard InChI is InChI=1S/C9H11BrN2O2/c1-11-9-7(6-14-3-2-13)4-8(10)5-12-9/h2,4-5H,3,6H2,1H3,(H,11,12). The van der Waals surface area contributed by atoms with Gasteiger partial charge < -0.3 is 14.8 Å². The highest BCUT2D eigenvalue weighted by molar-refractivity contribution is 9.10. The number of ether oxygens (including phenoxy) is 1. The number of aromatic nitrogens is 1. The summed E-state index contributed by atoms with van der Waals surface area (Å²) in [6.07, 6.45) is 2.43. The summed E-state index contributed by atoms with van der Waals surface area (Å²) >= 11 is 3.32. The van der Waals surface area contributed by atoms with Crippen LogP contribution in [0.25, 0.3) is 0 Å². The number of hydrogen-bond acceptors (Lipinski definition) is 4. The van der Waals surface area contributed by atoms with Crippen LogP contribution >= 0.6 is 15.9 Å². The molecule has 0 radical (unpaired) electrons. The lowest BCUT2D eigenvalue weighted by Gasteiger charge is -2.07. The predicted octanol–water partition coefficient (Wildman–Crippen LogP) is 1.60. The first-order chi connectivity index (χ1) is 6.77. The zero-order chi connectivity index (χ0) is 10.4. The summed E-state index contributed by atoms with van der Waals surface area (Å²) in [7, 11) is 1.79. The fourth-order valence-electron chi connectivity index (χ4n) is 1.03. The van der Waals surface area contributed by atoms with Crippen LogP contribution in [-0.2, 0) is 16.1 Å². The topological polar surface area (TPSA) is 51.2 Å². The van der Waals surface area contributed by atoms with Gasteiger partial charge in [-0.3, -0.25) is 0 Å². The van der Waals surface area contributed by atoms with Gasteiger partial charge in [0.25, 0.3) is 0 Å². The molecule has 0 aromatic carbocycles. The Kier molecular flexibility index (Phi) is 4.55. The lowest BCUT2D eigenvalue weighted by Crippen LogP contribution is -2.02. The highest BCUT2D eigenvalue weighted by Crippen LogP contribution is 2.18. The van der Waals surface area contributed by atoms with Crippen molar-refractivity contribution in [2.45, 2.75) is 6.61 Å².